The van der Waals surface area contributed by atoms with E-state index in [1.54, 1.807) is 6.07 Å². The molecule has 13 heavy (non-hydrogen) atoms. The van der Waals surface area contributed by atoms with Crippen LogP contribution in [-0.4, -0.2) is 46.8 Å². The molecule has 5 heteroatoms. The fourth-order valence-corrected chi connectivity index (χ4v) is 0.943. The number of carbonyl (C=O) groups is 1. The molecule has 1 aromatic rings. The van der Waals surface area contributed by atoms with Gasteiger partial charge in [0, 0.05) is 18.7 Å². The van der Waals surface area contributed by atoms with Gasteiger partial charge < -0.3 is 10.0 Å². The standard InChI is InChI=1S/C8H13N3O2/c1-11(2)4-3-6-5-7(8(12)13)10-9-6/h5H,3-4H2,1-2H3,(H,9,10)(H,12,13). The van der Waals surface area contributed by atoms with Crippen molar-refractivity contribution in [1.29, 1.82) is 0 Å². The summed E-state index contributed by atoms with van der Waals surface area (Å²) in [7, 11) is 3.93. The van der Waals surface area contributed by atoms with Crippen LogP contribution in [0.3, 0.4) is 0 Å². The average molecular weight is 183 g/mol. The zero-order valence-electron chi connectivity index (χ0n) is 7.74. The minimum absolute atomic E-state index is 0.0776. The molecule has 0 spiro atoms. The van der Waals surface area contributed by atoms with Crippen LogP contribution >= 0.6 is 0 Å². The second-order valence-corrected chi connectivity index (χ2v) is 3.14. The first-order valence-corrected chi connectivity index (χ1v) is 4.02. The second-order valence-electron chi connectivity index (χ2n) is 3.14. The number of nitrogens with zero attached hydrogens (tertiary/aromatic N) is 2. The van der Waals surface area contributed by atoms with Gasteiger partial charge in [0.15, 0.2) is 5.69 Å². The van der Waals surface area contributed by atoms with Gasteiger partial charge in [-0.05, 0) is 20.2 Å². The van der Waals surface area contributed by atoms with Gasteiger partial charge in [-0.15, -0.1) is 0 Å². The molecule has 1 heterocycles. The summed E-state index contributed by atoms with van der Waals surface area (Å²) in [6.07, 6.45) is 0.785. The van der Waals surface area contributed by atoms with Gasteiger partial charge >= 0.3 is 5.97 Å². The summed E-state index contributed by atoms with van der Waals surface area (Å²) in [5.74, 6) is -0.993. The molecule has 0 saturated heterocycles. The molecule has 0 aliphatic carbocycles. The quantitative estimate of drug-likeness (QED) is 0.700. The van der Waals surface area contributed by atoms with Gasteiger partial charge in [-0.25, -0.2) is 4.79 Å². The predicted octanol–water partition coefficient (Wildman–Crippen LogP) is 0.212. The molecule has 0 aliphatic rings. The monoisotopic (exact) mass is 183 g/mol. The molecule has 0 amide bonds. The number of carboxylic acid groups (broad SMARTS) is 1. The molecule has 0 atom stereocenters. The normalized spacial score (nSPS) is 10.7. The molecule has 0 saturated carbocycles. The summed E-state index contributed by atoms with van der Waals surface area (Å²) >= 11 is 0. The molecular weight excluding hydrogens is 170 g/mol. The van der Waals surface area contributed by atoms with Gasteiger partial charge in [0.2, 0.25) is 0 Å². The third-order valence-corrected chi connectivity index (χ3v) is 1.68. The van der Waals surface area contributed by atoms with Gasteiger partial charge in [0.25, 0.3) is 0 Å². The van der Waals surface area contributed by atoms with Gasteiger partial charge in [-0.3, -0.25) is 5.10 Å². The van der Waals surface area contributed by atoms with Gasteiger partial charge in [0.05, 0.1) is 0 Å². The first kappa shape index (κ1) is 9.73. The molecule has 0 unspecified atom stereocenters. The summed E-state index contributed by atoms with van der Waals surface area (Å²) in [6.45, 7) is 0.876. The third-order valence-electron chi connectivity index (χ3n) is 1.68. The van der Waals surface area contributed by atoms with Crippen LogP contribution in [0.5, 0.6) is 0 Å². The van der Waals surface area contributed by atoms with Gasteiger partial charge in [0.1, 0.15) is 0 Å². The Morgan fingerprint density at radius 3 is 2.85 bits per heavy atom. The summed E-state index contributed by atoms with van der Waals surface area (Å²) in [6, 6.07) is 1.56. The second kappa shape index (κ2) is 4.04. The Kier molecular flexibility index (Phi) is 3.02. The lowest BCUT2D eigenvalue weighted by atomic mass is 10.3. The highest BCUT2D eigenvalue weighted by molar-refractivity contribution is 5.85. The number of H-pyrrole nitrogens is 1. The number of hydrogen-bond acceptors (Lipinski definition) is 3. The number of aromatic amines is 1. The van der Waals surface area contributed by atoms with Crippen LogP contribution in [0.25, 0.3) is 0 Å². The van der Waals surface area contributed by atoms with E-state index < -0.39 is 5.97 Å². The largest absolute Gasteiger partial charge is 0.476 e. The van der Waals surface area contributed by atoms with Crippen molar-refractivity contribution in [3.63, 3.8) is 0 Å². The topological polar surface area (TPSA) is 69.2 Å². The van der Waals surface area contributed by atoms with Gasteiger partial charge in [-0.1, -0.05) is 0 Å². The Morgan fingerprint density at radius 2 is 2.38 bits per heavy atom. The van der Waals surface area contributed by atoms with Gasteiger partial charge in [-0.2, -0.15) is 5.10 Å². The first-order chi connectivity index (χ1) is 6.09. The number of likely N-dealkylation sites (N-methyl/N-ethyl adjacent to an activating group) is 1. The van der Waals surface area contributed by atoms with Crippen molar-refractivity contribution in [2.24, 2.45) is 0 Å². The van der Waals surface area contributed by atoms with E-state index in [2.05, 4.69) is 10.2 Å². The SMILES string of the molecule is CN(C)CCc1cc(C(=O)O)n[nH]1. The number of carboxylic acids is 1. The smallest absolute Gasteiger partial charge is 0.356 e. The van der Waals surface area contributed by atoms with Crippen LogP contribution in [0.4, 0.5) is 0 Å². The molecule has 0 aliphatic heterocycles. The highest BCUT2D eigenvalue weighted by Gasteiger charge is 2.07. The summed E-state index contributed by atoms with van der Waals surface area (Å²) in [5, 5.41) is 14.9. The molecule has 0 radical (unpaired) electrons. The molecule has 0 aromatic carbocycles. The van der Waals surface area contributed by atoms with Crippen molar-refractivity contribution >= 4 is 5.97 Å². The van der Waals surface area contributed by atoms with Crippen LogP contribution in [-0.2, 0) is 6.42 Å². The number of rotatable bonds is 4. The van der Waals surface area contributed by atoms with E-state index in [9.17, 15) is 4.79 Å². The molecule has 5 nitrogen and oxygen atoms in total. The van der Waals surface area contributed by atoms with E-state index in [0.29, 0.717) is 0 Å². The average Bonchev–Trinajstić information content (AvgIpc) is 2.48. The van der Waals surface area contributed by atoms with E-state index in [1.807, 2.05) is 19.0 Å². The molecule has 0 bridgehead atoms. The van der Waals surface area contributed by atoms with Crippen LogP contribution in [0.15, 0.2) is 6.07 Å². The number of nitrogens with one attached hydrogen (secondary N) is 1. The molecule has 72 valence electrons. The zero-order chi connectivity index (χ0) is 9.84. The Bertz CT molecular complexity index is 293. The molecular formula is C8H13N3O2. The van der Waals surface area contributed by atoms with Crippen molar-refractivity contribution in [2.75, 3.05) is 20.6 Å². The number of hydrogen-bond donors (Lipinski definition) is 2. The fourth-order valence-electron chi connectivity index (χ4n) is 0.943. The maximum Gasteiger partial charge on any atom is 0.356 e. The lowest BCUT2D eigenvalue weighted by Gasteiger charge is -2.06. The number of aromatic nitrogens is 2. The van der Waals surface area contributed by atoms with Crippen molar-refractivity contribution in [1.82, 2.24) is 15.1 Å². The first-order valence-electron chi connectivity index (χ1n) is 4.02. The number of aromatic carboxylic acids is 1. The Balaban J connectivity index is 2.54. The molecule has 1 rings (SSSR count). The summed E-state index contributed by atoms with van der Waals surface area (Å²) in [4.78, 5) is 12.5. The maximum absolute atomic E-state index is 10.5. The molecule has 0 fully saturated rings. The lowest BCUT2D eigenvalue weighted by Crippen LogP contribution is -2.15. The van der Waals surface area contributed by atoms with Crippen LogP contribution in [0.2, 0.25) is 0 Å². The van der Waals surface area contributed by atoms with Crippen molar-refractivity contribution in [2.45, 2.75) is 6.42 Å². The molecule has 2 N–H and O–H groups in total. The van der Waals surface area contributed by atoms with Crippen molar-refractivity contribution in [3.8, 4) is 0 Å². The van der Waals surface area contributed by atoms with Crippen LogP contribution in [0, 0.1) is 0 Å². The van der Waals surface area contributed by atoms with E-state index in [1.165, 1.54) is 0 Å². The third kappa shape index (κ3) is 2.87. The Morgan fingerprint density at radius 1 is 1.69 bits per heavy atom. The predicted molar refractivity (Wildman–Crippen MR) is 47.8 cm³/mol. The van der Waals surface area contributed by atoms with Crippen molar-refractivity contribution in [3.05, 3.63) is 17.5 Å². The highest BCUT2D eigenvalue weighted by atomic mass is 16.4. The van der Waals surface area contributed by atoms with E-state index >= 15 is 0 Å². The fraction of sp³-hybridized carbons (Fsp3) is 0.500. The zero-order valence-corrected chi connectivity index (χ0v) is 7.74. The molecule has 1 aromatic heterocycles. The minimum Gasteiger partial charge on any atom is -0.476 e. The maximum atomic E-state index is 10.5. The van der Waals surface area contributed by atoms with E-state index in [0.717, 1.165) is 18.7 Å². The van der Waals surface area contributed by atoms with Crippen LogP contribution < -0.4 is 0 Å². The van der Waals surface area contributed by atoms with Crippen LogP contribution in [0.1, 0.15) is 16.2 Å². The van der Waals surface area contributed by atoms with Crippen molar-refractivity contribution < 1.29 is 9.90 Å². The summed E-state index contributed by atoms with van der Waals surface area (Å²) < 4.78 is 0. The minimum atomic E-state index is -0.993. The summed E-state index contributed by atoms with van der Waals surface area (Å²) in [5.41, 5.74) is 0.930. The lowest BCUT2D eigenvalue weighted by molar-refractivity contribution is 0.0690. The Labute approximate surface area is 76.4 Å². The van der Waals surface area contributed by atoms with E-state index in [4.69, 9.17) is 5.11 Å². The Hall–Kier alpha value is -1.36. The van der Waals surface area contributed by atoms with E-state index in [-0.39, 0.29) is 5.69 Å². The highest BCUT2D eigenvalue weighted by Crippen LogP contribution is 2.00.